The third-order valence-electron chi connectivity index (χ3n) is 3.40. The van der Waals surface area contributed by atoms with Crippen molar-refractivity contribution in [3.63, 3.8) is 0 Å². The second-order valence-electron chi connectivity index (χ2n) is 5.41. The second kappa shape index (κ2) is 9.70. The predicted octanol–water partition coefficient (Wildman–Crippen LogP) is 0.0932. The number of nitrogens with zero attached hydrogens (tertiary/aromatic N) is 1. The number of piperidine rings is 1. The lowest BCUT2D eigenvalue weighted by molar-refractivity contribution is -0.139. The van der Waals surface area contributed by atoms with Gasteiger partial charge in [0.05, 0.1) is 32.3 Å². The van der Waals surface area contributed by atoms with Gasteiger partial charge in [-0.15, -0.1) is 0 Å². The molecular weight excluding hydrogens is 276 g/mol. The highest BCUT2D eigenvalue weighted by Crippen LogP contribution is 2.13. The summed E-state index contributed by atoms with van der Waals surface area (Å²) in [5.41, 5.74) is 0. The van der Waals surface area contributed by atoms with E-state index in [9.17, 15) is 9.59 Å². The monoisotopic (exact) mass is 302 g/mol. The van der Waals surface area contributed by atoms with Crippen LogP contribution in [0.1, 0.15) is 26.2 Å². The van der Waals surface area contributed by atoms with E-state index in [1.165, 1.54) is 0 Å². The largest absolute Gasteiger partial charge is 0.481 e. The summed E-state index contributed by atoms with van der Waals surface area (Å²) in [7, 11) is 1.61. The molecule has 1 heterocycles. The number of carboxylic acids is 1. The molecule has 0 saturated carbocycles. The van der Waals surface area contributed by atoms with Crippen LogP contribution in [0, 0.1) is 0 Å². The van der Waals surface area contributed by atoms with Crippen LogP contribution in [0.2, 0.25) is 0 Å². The number of hydrogen-bond acceptors (Lipinski definition) is 5. The summed E-state index contributed by atoms with van der Waals surface area (Å²) in [6, 6.07) is 0.0133. The average Bonchev–Trinajstić information content (AvgIpc) is 2.40. The third-order valence-corrected chi connectivity index (χ3v) is 3.40. The molecule has 0 aromatic carbocycles. The highest BCUT2D eigenvalue weighted by molar-refractivity contribution is 5.78. The number of rotatable bonds is 9. The standard InChI is InChI=1S/C14H26N2O5/c1-11(10-20-2)15-13(17)9-16-6-3-12(4-7-16)21-8-5-14(18)19/h11-12H,3-10H2,1-2H3,(H,15,17)(H,18,19). The first-order valence-corrected chi connectivity index (χ1v) is 7.35. The molecule has 7 nitrogen and oxygen atoms in total. The molecule has 0 radical (unpaired) electrons. The molecule has 0 aliphatic carbocycles. The van der Waals surface area contributed by atoms with Crippen molar-refractivity contribution in [2.75, 3.05) is 40.0 Å². The number of nitrogens with one attached hydrogen (secondary N) is 1. The first-order chi connectivity index (χ1) is 10.0. The average molecular weight is 302 g/mol. The lowest BCUT2D eigenvalue weighted by Gasteiger charge is -2.31. The maximum Gasteiger partial charge on any atom is 0.305 e. The fraction of sp³-hybridized carbons (Fsp3) is 0.857. The van der Waals surface area contributed by atoms with E-state index in [1.807, 2.05) is 6.92 Å². The predicted molar refractivity (Wildman–Crippen MR) is 77.1 cm³/mol. The molecule has 7 heteroatoms. The number of ether oxygens (including phenoxy) is 2. The van der Waals surface area contributed by atoms with Crippen LogP contribution in [0.4, 0.5) is 0 Å². The van der Waals surface area contributed by atoms with Crippen molar-refractivity contribution < 1.29 is 24.2 Å². The number of likely N-dealkylation sites (tertiary alicyclic amines) is 1. The fourth-order valence-electron chi connectivity index (χ4n) is 2.36. The molecule has 1 aliphatic heterocycles. The molecular formula is C14H26N2O5. The van der Waals surface area contributed by atoms with Gasteiger partial charge in [0.1, 0.15) is 0 Å². The molecule has 1 atom stereocenters. The normalized spacial score (nSPS) is 18.4. The van der Waals surface area contributed by atoms with E-state index in [2.05, 4.69) is 10.2 Å². The maximum absolute atomic E-state index is 11.8. The lowest BCUT2D eigenvalue weighted by Crippen LogP contribution is -2.45. The molecule has 21 heavy (non-hydrogen) atoms. The van der Waals surface area contributed by atoms with Gasteiger partial charge in [0.15, 0.2) is 0 Å². The van der Waals surface area contributed by atoms with Crippen molar-refractivity contribution in [3.05, 3.63) is 0 Å². The minimum absolute atomic E-state index is 0.00444. The van der Waals surface area contributed by atoms with E-state index in [1.54, 1.807) is 7.11 Å². The quantitative estimate of drug-likeness (QED) is 0.628. The van der Waals surface area contributed by atoms with Crippen LogP contribution in [0.5, 0.6) is 0 Å². The Hall–Kier alpha value is -1.18. The topological polar surface area (TPSA) is 88.1 Å². The van der Waals surface area contributed by atoms with Crippen molar-refractivity contribution in [2.24, 2.45) is 0 Å². The van der Waals surface area contributed by atoms with Crippen molar-refractivity contribution >= 4 is 11.9 Å². The number of hydrogen-bond donors (Lipinski definition) is 2. The summed E-state index contributed by atoms with van der Waals surface area (Å²) < 4.78 is 10.5. The third kappa shape index (κ3) is 7.99. The zero-order chi connectivity index (χ0) is 15.7. The van der Waals surface area contributed by atoms with Gasteiger partial charge >= 0.3 is 5.97 Å². The smallest absolute Gasteiger partial charge is 0.305 e. The van der Waals surface area contributed by atoms with Gasteiger partial charge in [-0.05, 0) is 19.8 Å². The molecule has 0 bridgehead atoms. The maximum atomic E-state index is 11.8. The van der Waals surface area contributed by atoms with Crippen LogP contribution in [0.15, 0.2) is 0 Å². The van der Waals surface area contributed by atoms with E-state index >= 15 is 0 Å². The van der Waals surface area contributed by atoms with Crippen LogP contribution in [0.25, 0.3) is 0 Å². The fourth-order valence-corrected chi connectivity index (χ4v) is 2.36. The highest BCUT2D eigenvalue weighted by atomic mass is 16.5. The van der Waals surface area contributed by atoms with E-state index in [0.717, 1.165) is 25.9 Å². The second-order valence-corrected chi connectivity index (χ2v) is 5.41. The van der Waals surface area contributed by atoms with Gasteiger partial charge in [0, 0.05) is 26.2 Å². The van der Waals surface area contributed by atoms with E-state index < -0.39 is 5.97 Å². The van der Waals surface area contributed by atoms with E-state index in [0.29, 0.717) is 13.2 Å². The molecule has 1 rings (SSSR count). The summed E-state index contributed by atoms with van der Waals surface area (Å²) >= 11 is 0. The Balaban J connectivity index is 2.15. The van der Waals surface area contributed by atoms with Crippen LogP contribution in [-0.4, -0.2) is 74.0 Å². The summed E-state index contributed by atoms with van der Waals surface area (Å²) in [4.78, 5) is 24.3. The van der Waals surface area contributed by atoms with Crippen molar-refractivity contribution in [1.29, 1.82) is 0 Å². The Bertz CT molecular complexity index is 329. The summed E-state index contributed by atoms with van der Waals surface area (Å²) in [5.74, 6) is -0.834. The first-order valence-electron chi connectivity index (χ1n) is 7.35. The van der Waals surface area contributed by atoms with E-state index in [-0.39, 0.29) is 31.1 Å². The van der Waals surface area contributed by atoms with Crippen LogP contribution in [-0.2, 0) is 19.1 Å². The van der Waals surface area contributed by atoms with Crippen LogP contribution >= 0.6 is 0 Å². The Labute approximate surface area is 125 Å². The molecule has 1 saturated heterocycles. The van der Waals surface area contributed by atoms with Gasteiger partial charge < -0.3 is 19.9 Å². The Morgan fingerprint density at radius 3 is 2.62 bits per heavy atom. The summed E-state index contributed by atoms with van der Waals surface area (Å²) in [6.45, 7) is 4.65. The Morgan fingerprint density at radius 2 is 2.05 bits per heavy atom. The van der Waals surface area contributed by atoms with Crippen molar-refractivity contribution in [1.82, 2.24) is 10.2 Å². The molecule has 0 spiro atoms. The minimum atomic E-state index is -0.839. The van der Waals surface area contributed by atoms with Crippen LogP contribution < -0.4 is 5.32 Å². The molecule has 1 aliphatic rings. The zero-order valence-corrected chi connectivity index (χ0v) is 12.8. The number of carbonyl (C=O) groups is 2. The molecule has 2 N–H and O–H groups in total. The van der Waals surface area contributed by atoms with Gasteiger partial charge in [-0.3, -0.25) is 14.5 Å². The van der Waals surface area contributed by atoms with Gasteiger partial charge in [-0.25, -0.2) is 0 Å². The van der Waals surface area contributed by atoms with Crippen LogP contribution in [0.3, 0.4) is 0 Å². The zero-order valence-electron chi connectivity index (χ0n) is 12.8. The molecule has 1 unspecified atom stereocenters. The number of carboxylic acid groups (broad SMARTS) is 1. The number of aliphatic carboxylic acids is 1. The molecule has 1 fully saturated rings. The van der Waals surface area contributed by atoms with Crippen molar-refractivity contribution in [3.8, 4) is 0 Å². The number of methoxy groups -OCH3 is 1. The first kappa shape index (κ1) is 17.9. The lowest BCUT2D eigenvalue weighted by atomic mass is 10.1. The Morgan fingerprint density at radius 1 is 1.38 bits per heavy atom. The number of amides is 1. The number of carbonyl (C=O) groups excluding carboxylic acids is 1. The SMILES string of the molecule is COCC(C)NC(=O)CN1CCC(OCCC(=O)O)CC1. The molecule has 1 amide bonds. The van der Waals surface area contributed by atoms with E-state index in [4.69, 9.17) is 14.6 Å². The molecule has 0 aromatic rings. The summed E-state index contributed by atoms with van der Waals surface area (Å²) in [6.07, 6.45) is 1.82. The van der Waals surface area contributed by atoms with Gasteiger partial charge in [-0.2, -0.15) is 0 Å². The van der Waals surface area contributed by atoms with Gasteiger partial charge in [-0.1, -0.05) is 0 Å². The van der Waals surface area contributed by atoms with Gasteiger partial charge in [0.2, 0.25) is 5.91 Å². The minimum Gasteiger partial charge on any atom is -0.481 e. The summed E-state index contributed by atoms with van der Waals surface area (Å²) in [5, 5.41) is 11.4. The van der Waals surface area contributed by atoms with Crippen molar-refractivity contribution in [2.45, 2.75) is 38.3 Å². The molecule has 122 valence electrons. The highest BCUT2D eigenvalue weighted by Gasteiger charge is 2.21. The van der Waals surface area contributed by atoms with Gasteiger partial charge in [0.25, 0.3) is 0 Å². The molecule has 0 aromatic heterocycles. The Kier molecular flexibility index (Phi) is 8.26.